The zero-order valence-electron chi connectivity index (χ0n) is 18.7. The summed E-state index contributed by atoms with van der Waals surface area (Å²) in [5, 5.41) is 9.36. The van der Waals surface area contributed by atoms with Gasteiger partial charge in [-0.15, -0.1) is 16.9 Å². The Morgan fingerprint density at radius 3 is 2.61 bits per heavy atom. The van der Waals surface area contributed by atoms with Gasteiger partial charge in [-0.1, -0.05) is 30.5 Å². The van der Waals surface area contributed by atoms with Gasteiger partial charge in [-0.25, -0.2) is 0 Å². The number of alkyl halides is 3. The fourth-order valence-corrected chi connectivity index (χ4v) is 5.26. The summed E-state index contributed by atoms with van der Waals surface area (Å²) in [6.45, 7) is 4.11. The van der Waals surface area contributed by atoms with Crippen LogP contribution in [-0.2, 0) is 19.3 Å². The van der Waals surface area contributed by atoms with Crippen LogP contribution in [0.5, 0.6) is 0 Å². The van der Waals surface area contributed by atoms with Gasteiger partial charge in [-0.05, 0) is 62.7 Å². The number of halogens is 3. The summed E-state index contributed by atoms with van der Waals surface area (Å²) in [4.78, 5) is 7.56. The van der Waals surface area contributed by atoms with E-state index in [0.29, 0.717) is 5.52 Å². The zero-order chi connectivity index (χ0) is 23.1. The van der Waals surface area contributed by atoms with Crippen molar-refractivity contribution in [3.05, 3.63) is 47.9 Å². The molecular formula is C24H30F3N5S. The third-order valence-electron chi connectivity index (χ3n) is 5.99. The Hall–Kier alpha value is -2.13. The maximum Gasteiger partial charge on any atom is 0.416 e. The highest BCUT2D eigenvalue weighted by molar-refractivity contribution is 7.99. The lowest BCUT2D eigenvalue weighted by molar-refractivity contribution is -0.137. The Kier molecular flexibility index (Phi) is 8.25. The second-order valence-electron chi connectivity index (χ2n) is 8.61. The molecular weight excluding hydrogens is 447 g/mol. The van der Waals surface area contributed by atoms with E-state index in [2.05, 4.69) is 26.4 Å². The molecule has 0 spiro atoms. The summed E-state index contributed by atoms with van der Waals surface area (Å²) in [7, 11) is 0. The molecule has 1 aliphatic rings. The van der Waals surface area contributed by atoms with Gasteiger partial charge in [0.25, 0.3) is 0 Å². The predicted molar refractivity (Wildman–Crippen MR) is 125 cm³/mol. The summed E-state index contributed by atoms with van der Waals surface area (Å²) in [5.74, 6) is 0.934. The van der Waals surface area contributed by atoms with Crippen molar-refractivity contribution in [2.45, 2.75) is 69.1 Å². The lowest BCUT2D eigenvalue weighted by atomic mass is 10.1. The van der Waals surface area contributed by atoms with E-state index >= 15 is 0 Å². The molecule has 4 rings (SSSR count). The molecule has 1 saturated heterocycles. The molecule has 0 saturated carbocycles. The van der Waals surface area contributed by atoms with Crippen LogP contribution in [0.2, 0.25) is 0 Å². The van der Waals surface area contributed by atoms with Gasteiger partial charge < -0.3 is 0 Å². The predicted octanol–water partition coefficient (Wildman–Crippen LogP) is 6.18. The Labute approximate surface area is 196 Å². The van der Waals surface area contributed by atoms with Gasteiger partial charge >= 0.3 is 6.18 Å². The first-order valence-corrected chi connectivity index (χ1v) is 12.7. The van der Waals surface area contributed by atoms with Gasteiger partial charge in [0.05, 0.1) is 16.8 Å². The molecule has 1 aliphatic heterocycles. The third kappa shape index (κ3) is 6.93. The molecule has 0 amide bonds. The number of benzene rings is 1. The van der Waals surface area contributed by atoms with Crippen molar-refractivity contribution < 1.29 is 13.2 Å². The highest BCUT2D eigenvalue weighted by Gasteiger charge is 2.30. The van der Waals surface area contributed by atoms with E-state index < -0.39 is 11.7 Å². The van der Waals surface area contributed by atoms with Gasteiger partial charge in [-0.3, -0.25) is 14.6 Å². The van der Waals surface area contributed by atoms with Crippen LogP contribution in [0, 0.1) is 0 Å². The molecule has 1 aromatic carbocycles. The van der Waals surface area contributed by atoms with Crippen LogP contribution in [-0.4, -0.2) is 43.7 Å². The summed E-state index contributed by atoms with van der Waals surface area (Å²) < 4.78 is 40.7. The first kappa shape index (κ1) is 24.0. The smallest absolute Gasteiger partial charge is 0.297 e. The molecule has 33 heavy (non-hydrogen) atoms. The number of fused-ring (bicyclic) bond motifs is 1. The third-order valence-corrected chi connectivity index (χ3v) is 7.15. The molecule has 0 aliphatic carbocycles. The van der Waals surface area contributed by atoms with Crippen molar-refractivity contribution >= 4 is 22.7 Å². The number of hydrogen-bond acceptors (Lipinski definition) is 5. The number of thioether (sulfide) groups is 1. The maximum absolute atomic E-state index is 12.9. The van der Waals surface area contributed by atoms with Crippen LogP contribution >= 0.6 is 11.8 Å². The number of pyridine rings is 1. The Bertz CT molecular complexity index is 1030. The highest BCUT2D eigenvalue weighted by Crippen LogP contribution is 2.34. The van der Waals surface area contributed by atoms with Crippen molar-refractivity contribution in [3.63, 3.8) is 0 Å². The molecule has 178 valence electrons. The fraction of sp³-hybridized carbons (Fsp3) is 0.542. The molecule has 0 radical (unpaired) electrons. The second kappa shape index (κ2) is 11.3. The number of rotatable bonds is 10. The lowest BCUT2D eigenvalue weighted by Gasteiger charge is -2.25. The molecule has 0 unspecified atom stereocenters. The number of aromatic nitrogens is 4. The van der Waals surface area contributed by atoms with Gasteiger partial charge in [0, 0.05) is 35.8 Å². The minimum absolute atomic E-state index is 0.391. The molecule has 2 aromatic heterocycles. The van der Waals surface area contributed by atoms with Crippen LogP contribution in [0.1, 0.15) is 56.2 Å². The van der Waals surface area contributed by atoms with E-state index in [4.69, 9.17) is 0 Å². The first-order chi connectivity index (χ1) is 16.0. The zero-order valence-corrected chi connectivity index (χ0v) is 19.5. The Morgan fingerprint density at radius 2 is 1.79 bits per heavy atom. The molecule has 3 aromatic rings. The summed E-state index contributed by atoms with van der Waals surface area (Å²) in [5.41, 5.74) is 0.790. The maximum atomic E-state index is 12.9. The molecule has 5 nitrogen and oxygen atoms in total. The van der Waals surface area contributed by atoms with Crippen LogP contribution in [0.3, 0.4) is 0 Å². The fourth-order valence-electron chi connectivity index (χ4n) is 4.20. The van der Waals surface area contributed by atoms with Crippen molar-refractivity contribution in [2.75, 3.05) is 18.8 Å². The summed E-state index contributed by atoms with van der Waals surface area (Å²) in [6, 6.07) is 5.68. The minimum atomic E-state index is -4.35. The molecule has 0 bridgehead atoms. The average Bonchev–Trinajstić information content (AvgIpc) is 3.25. The van der Waals surface area contributed by atoms with E-state index in [1.807, 2.05) is 10.7 Å². The van der Waals surface area contributed by atoms with E-state index in [9.17, 15) is 13.2 Å². The molecule has 3 heterocycles. The normalized spacial score (nSPS) is 15.4. The Balaban J connectivity index is 1.15. The standard InChI is InChI=1S/C24H30F3N5S/c25-24(26,27)19-8-9-21-22(16-19)28-11-10-23(21)33-15-7-2-1-6-14-32-18-20(29-30-32)17-31-12-4-3-5-13-31/h8-11,16,18H,1-7,12-15,17H2. The number of unbranched alkanes of at least 4 members (excludes halogenated alkanes) is 3. The Morgan fingerprint density at radius 1 is 0.970 bits per heavy atom. The van der Waals surface area contributed by atoms with E-state index in [1.165, 1.54) is 25.3 Å². The van der Waals surface area contributed by atoms with Crippen molar-refractivity contribution in [1.82, 2.24) is 24.9 Å². The van der Waals surface area contributed by atoms with Gasteiger partial charge in [0.1, 0.15) is 0 Å². The van der Waals surface area contributed by atoms with Gasteiger partial charge in [0.15, 0.2) is 0 Å². The largest absolute Gasteiger partial charge is 0.416 e. The van der Waals surface area contributed by atoms with E-state index in [-0.39, 0.29) is 0 Å². The number of likely N-dealkylation sites (tertiary alicyclic amines) is 1. The topological polar surface area (TPSA) is 46.8 Å². The van der Waals surface area contributed by atoms with Crippen molar-refractivity contribution in [3.8, 4) is 0 Å². The highest BCUT2D eigenvalue weighted by atomic mass is 32.2. The summed E-state index contributed by atoms with van der Waals surface area (Å²) >= 11 is 1.68. The van der Waals surface area contributed by atoms with Gasteiger partial charge in [0.2, 0.25) is 0 Å². The van der Waals surface area contributed by atoms with Gasteiger partial charge in [-0.2, -0.15) is 13.2 Å². The van der Waals surface area contributed by atoms with Crippen molar-refractivity contribution in [2.24, 2.45) is 0 Å². The van der Waals surface area contributed by atoms with Crippen LogP contribution in [0.4, 0.5) is 13.2 Å². The summed E-state index contributed by atoms with van der Waals surface area (Å²) in [6.07, 6.45) is 7.57. The molecule has 1 fully saturated rings. The first-order valence-electron chi connectivity index (χ1n) is 11.7. The molecule has 9 heteroatoms. The average molecular weight is 478 g/mol. The minimum Gasteiger partial charge on any atom is -0.297 e. The number of hydrogen-bond donors (Lipinski definition) is 0. The SMILES string of the molecule is FC(F)(F)c1ccc2c(SCCCCCCn3cc(CN4CCCCC4)nn3)ccnc2c1. The van der Waals surface area contributed by atoms with E-state index in [1.54, 1.807) is 18.0 Å². The lowest BCUT2D eigenvalue weighted by Crippen LogP contribution is -2.29. The van der Waals surface area contributed by atoms with Crippen LogP contribution in [0.25, 0.3) is 10.9 Å². The van der Waals surface area contributed by atoms with Crippen molar-refractivity contribution in [1.29, 1.82) is 0 Å². The molecule has 0 N–H and O–H groups in total. The monoisotopic (exact) mass is 477 g/mol. The van der Waals surface area contributed by atoms with E-state index in [0.717, 1.165) is 85.7 Å². The second-order valence-corrected chi connectivity index (χ2v) is 9.75. The number of piperidine rings is 1. The van der Waals surface area contributed by atoms with Crippen LogP contribution < -0.4 is 0 Å². The number of nitrogens with zero attached hydrogens (tertiary/aromatic N) is 5. The van der Waals surface area contributed by atoms with Crippen LogP contribution in [0.15, 0.2) is 41.6 Å². The molecule has 0 atom stereocenters. The quantitative estimate of drug-likeness (QED) is 0.258. The number of aryl methyl sites for hydroxylation is 1.